The molecule has 1 aromatic carbocycles. The first-order valence-corrected chi connectivity index (χ1v) is 5.58. The van der Waals surface area contributed by atoms with E-state index in [1.165, 1.54) is 0 Å². The van der Waals surface area contributed by atoms with Gasteiger partial charge in [0.2, 0.25) is 0 Å². The van der Waals surface area contributed by atoms with Gasteiger partial charge in [0.1, 0.15) is 5.75 Å². The molecule has 0 aliphatic carbocycles. The minimum Gasteiger partial charge on any atom is -0.508 e. The van der Waals surface area contributed by atoms with Crippen LogP contribution >= 0.6 is 0 Å². The number of rotatable bonds is 3. The molecule has 0 unspecified atom stereocenters. The Morgan fingerprint density at radius 2 is 2.00 bits per heavy atom. The highest BCUT2D eigenvalue weighted by Gasteiger charge is 2.04. The van der Waals surface area contributed by atoms with Crippen LogP contribution in [0.2, 0.25) is 0 Å². The van der Waals surface area contributed by atoms with Crippen LogP contribution in [-0.2, 0) is 13.0 Å². The average Bonchev–Trinajstić information content (AvgIpc) is 2.76. The van der Waals surface area contributed by atoms with E-state index in [1.54, 1.807) is 12.1 Å². The lowest BCUT2D eigenvalue weighted by Crippen LogP contribution is -1.92. The van der Waals surface area contributed by atoms with Gasteiger partial charge in [0.15, 0.2) is 0 Å². The van der Waals surface area contributed by atoms with Gasteiger partial charge in [-0.15, -0.1) is 0 Å². The molecule has 0 aliphatic rings. The van der Waals surface area contributed by atoms with E-state index in [1.807, 2.05) is 17.1 Å². The van der Waals surface area contributed by atoms with Crippen LogP contribution < -0.4 is 0 Å². The Hall–Kier alpha value is -1.77. The van der Waals surface area contributed by atoms with Crippen LogP contribution in [0.15, 0.2) is 30.6 Å². The quantitative estimate of drug-likeness (QED) is 0.856. The third-order valence-corrected chi connectivity index (χ3v) is 2.68. The highest BCUT2D eigenvalue weighted by Crippen LogP contribution is 2.25. The Morgan fingerprint density at radius 3 is 2.62 bits per heavy atom. The van der Waals surface area contributed by atoms with E-state index in [0.29, 0.717) is 5.75 Å². The third kappa shape index (κ3) is 2.08. The molecular formula is C13H16N2O. The maximum atomic E-state index is 9.62. The summed E-state index contributed by atoms with van der Waals surface area (Å²) in [5.74, 6) is 0.318. The molecule has 16 heavy (non-hydrogen) atoms. The molecule has 0 saturated heterocycles. The molecule has 0 bridgehead atoms. The summed E-state index contributed by atoms with van der Waals surface area (Å²) in [6.07, 6.45) is 4.75. The Labute approximate surface area is 95.3 Å². The van der Waals surface area contributed by atoms with E-state index in [9.17, 15) is 5.11 Å². The fourth-order valence-corrected chi connectivity index (χ4v) is 1.73. The molecule has 0 fully saturated rings. The van der Waals surface area contributed by atoms with E-state index < -0.39 is 0 Å². The van der Waals surface area contributed by atoms with Gasteiger partial charge < -0.3 is 5.11 Å². The van der Waals surface area contributed by atoms with Gasteiger partial charge >= 0.3 is 0 Å². The summed E-state index contributed by atoms with van der Waals surface area (Å²) in [5.41, 5.74) is 3.21. The van der Waals surface area contributed by atoms with Crippen molar-refractivity contribution in [2.45, 2.75) is 26.8 Å². The van der Waals surface area contributed by atoms with Crippen molar-refractivity contribution in [2.24, 2.45) is 0 Å². The summed E-state index contributed by atoms with van der Waals surface area (Å²) in [6, 6.07) is 5.67. The first-order valence-electron chi connectivity index (χ1n) is 5.58. The van der Waals surface area contributed by atoms with Crippen LogP contribution in [0.4, 0.5) is 0 Å². The number of aromatic nitrogens is 2. The zero-order chi connectivity index (χ0) is 11.5. The second kappa shape index (κ2) is 4.39. The Bertz CT molecular complexity index is 488. The van der Waals surface area contributed by atoms with Crippen LogP contribution in [0.1, 0.15) is 19.4 Å². The number of aryl methyl sites for hydroxylation is 2. The molecule has 2 rings (SSSR count). The Balaban J connectivity index is 2.42. The van der Waals surface area contributed by atoms with E-state index in [-0.39, 0.29) is 0 Å². The molecule has 1 heterocycles. The van der Waals surface area contributed by atoms with Crippen LogP contribution in [0.25, 0.3) is 11.1 Å². The molecule has 0 atom stereocenters. The third-order valence-electron chi connectivity index (χ3n) is 2.68. The SMILES string of the molecule is CCc1cc(O)cc(-c2cnn(CC)c2)c1. The predicted molar refractivity (Wildman–Crippen MR) is 64.4 cm³/mol. The summed E-state index contributed by atoms with van der Waals surface area (Å²) in [7, 11) is 0. The maximum absolute atomic E-state index is 9.62. The zero-order valence-electron chi connectivity index (χ0n) is 9.64. The summed E-state index contributed by atoms with van der Waals surface area (Å²) in [5, 5.41) is 13.9. The van der Waals surface area contributed by atoms with Crippen LogP contribution in [0.5, 0.6) is 5.75 Å². The van der Waals surface area contributed by atoms with Crippen molar-refractivity contribution < 1.29 is 5.11 Å². The van der Waals surface area contributed by atoms with Crippen molar-refractivity contribution in [1.29, 1.82) is 0 Å². The molecule has 3 heteroatoms. The van der Waals surface area contributed by atoms with Gasteiger partial charge in [0.05, 0.1) is 6.20 Å². The van der Waals surface area contributed by atoms with Gasteiger partial charge in [-0.2, -0.15) is 5.10 Å². The van der Waals surface area contributed by atoms with Gasteiger partial charge in [0.25, 0.3) is 0 Å². The normalized spacial score (nSPS) is 10.6. The van der Waals surface area contributed by atoms with Crippen LogP contribution in [0.3, 0.4) is 0 Å². The fourth-order valence-electron chi connectivity index (χ4n) is 1.73. The van der Waals surface area contributed by atoms with Crippen molar-refractivity contribution in [2.75, 3.05) is 0 Å². The highest BCUT2D eigenvalue weighted by molar-refractivity contribution is 5.64. The highest BCUT2D eigenvalue weighted by atomic mass is 16.3. The molecule has 3 nitrogen and oxygen atoms in total. The first kappa shape index (κ1) is 10.7. The van der Waals surface area contributed by atoms with Gasteiger partial charge in [-0.3, -0.25) is 4.68 Å². The molecule has 0 amide bonds. The van der Waals surface area contributed by atoms with Gasteiger partial charge in [0, 0.05) is 18.3 Å². The Kier molecular flexibility index (Phi) is 2.95. The number of aromatic hydroxyl groups is 1. The molecule has 0 aliphatic heterocycles. The topological polar surface area (TPSA) is 38.1 Å². The molecule has 0 saturated carbocycles. The van der Waals surface area contributed by atoms with E-state index in [0.717, 1.165) is 29.7 Å². The first-order chi connectivity index (χ1) is 7.72. The van der Waals surface area contributed by atoms with Gasteiger partial charge in [-0.1, -0.05) is 13.0 Å². The second-order valence-corrected chi connectivity index (χ2v) is 3.83. The van der Waals surface area contributed by atoms with Crippen LogP contribution in [0, 0.1) is 0 Å². The predicted octanol–water partition coefficient (Wildman–Crippen LogP) is 2.84. The molecule has 0 radical (unpaired) electrons. The molecular weight excluding hydrogens is 200 g/mol. The minimum absolute atomic E-state index is 0.318. The van der Waals surface area contributed by atoms with E-state index in [2.05, 4.69) is 25.0 Å². The largest absolute Gasteiger partial charge is 0.508 e. The standard InChI is InChI=1S/C13H16N2O/c1-3-10-5-11(7-13(16)6-10)12-8-14-15(4-2)9-12/h5-9,16H,3-4H2,1-2H3. The molecule has 0 spiro atoms. The van der Waals surface area contributed by atoms with E-state index >= 15 is 0 Å². The van der Waals surface area contributed by atoms with Crippen LogP contribution in [-0.4, -0.2) is 14.9 Å². The average molecular weight is 216 g/mol. The van der Waals surface area contributed by atoms with Crippen molar-refractivity contribution in [3.63, 3.8) is 0 Å². The lowest BCUT2D eigenvalue weighted by molar-refractivity contribution is 0.475. The lowest BCUT2D eigenvalue weighted by atomic mass is 10.0. The van der Waals surface area contributed by atoms with Crippen molar-refractivity contribution in [1.82, 2.24) is 9.78 Å². The fraction of sp³-hybridized carbons (Fsp3) is 0.308. The minimum atomic E-state index is 0.318. The number of phenolic OH excluding ortho intramolecular Hbond substituents is 1. The smallest absolute Gasteiger partial charge is 0.116 e. The number of phenols is 1. The van der Waals surface area contributed by atoms with Gasteiger partial charge in [-0.05, 0) is 36.6 Å². The summed E-state index contributed by atoms with van der Waals surface area (Å²) < 4.78 is 1.88. The second-order valence-electron chi connectivity index (χ2n) is 3.83. The maximum Gasteiger partial charge on any atom is 0.116 e. The summed E-state index contributed by atoms with van der Waals surface area (Å²) in [6.45, 7) is 4.99. The van der Waals surface area contributed by atoms with Crippen molar-refractivity contribution in [3.05, 3.63) is 36.2 Å². The van der Waals surface area contributed by atoms with E-state index in [4.69, 9.17) is 0 Å². The molecule has 84 valence electrons. The number of benzene rings is 1. The summed E-state index contributed by atoms with van der Waals surface area (Å²) in [4.78, 5) is 0. The number of nitrogens with zero attached hydrogens (tertiary/aromatic N) is 2. The van der Waals surface area contributed by atoms with Gasteiger partial charge in [-0.25, -0.2) is 0 Å². The number of hydrogen-bond donors (Lipinski definition) is 1. The Morgan fingerprint density at radius 1 is 1.19 bits per heavy atom. The summed E-state index contributed by atoms with van der Waals surface area (Å²) >= 11 is 0. The van der Waals surface area contributed by atoms with Crippen molar-refractivity contribution in [3.8, 4) is 16.9 Å². The van der Waals surface area contributed by atoms with Crippen molar-refractivity contribution >= 4 is 0 Å². The monoisotopic (exact) mass is 216 g/mol. The number of hydrogen-bond acceptors (Lipinski definition) is 2. The molecule has 1 aromatic heterocycles. The zero-order valence-corrected chi connectivity index (χ0v) is 9.64. The molecule has 2 aromatic rings. The lowest BCUT2D eigenvalue weighted by Gasteiger charge is -2.03. The molecule has 1 N–H and O–H groups in total.